The van der Waals surface area contributed by atoms with Gasteiger partial charge in [0.2, 0.25) is 0 Å². The number of hydrogen-bond donors (Lipinski definition) is 0. The van der Waals surface area contributed by atoms with Gasteiger partial charge in [0.05, 0.1) is 17.7 Å². The van der Waals surface area contributed by atoms with E-state index in [0.29, 0.717) is 27.3 Å². The number of rotatable bonds is 2. The van der Waals surface area contributed by atoms with Gasteiger partial charge in [-0.25, -0.2) is 9.97 Å². The Morgan fingerprint density at radius 1 is 1.19 bits per heavy atom. The lowest BCUT2D eigenvalue weighted by Gasteiger charge is -2.08. The highest BCUT2D eigenvalue weighted by atomic mass is 35.5. The summed E-state index contributed by atoms with van der Waals surface area (Å²) >= 11 is 11.9. The number of benzene rings is 1. The number of ether oxygens (including phenoxy) is 1. The van der Waals surface area contributed by atoms with Crippen molar-refractivity contribution in [3.63, 3.8) is 0 Å². The van der Waals surface area contributed by atoms with E-state index in [1.54, 1.807) is 37.6 Å². The average Bonchev–Trinajstić information content (AvgIpc) is 2.28. The van der Waals surface area contributed by atoms with Crippen LogP contribution in [0.2, 0.25) is 10.2 Å². The second-order valence-corrected chi connectivity index (χ2v) is 3.81. The van der Waals surface area contributed by atoms with Crippen molar-refractivity contribution in [1.82, 2.24) is 9.97 Å². The Morgan fingerprint density at radius 2 is 2.00 bits per heavy atom. The Morgan fingerprint density at radius 3 is 2.69 bits per heavy atom. The van der Waals surface area contributed by atoms with Crippen LogP contribution in [-0.2, 0) is 0 Å². The summed E-state index contributed by atoms with van der Waals surface area (Å²) in [5.41, 5.74) is 0.647. The van der Waals surface area contributed by atoms with Crippen LogP contribution in [0.1, 0.15) is 0 Å². The number of hydrogen-bond acceptors (Lipinski definition) is 3. The summed E-state index contributed by atoms with van der Waals surface area (Å²) < 4.78 is 5.21. The van der Waals surface area contributed by atoms with Crippen molar-refractivity contribution in [3.8, 4) is 17.1 Å². The highest BCUT2D eigenvalue weighted by molar-refractivity contribution is 6.33. The van der Waals surface area contributed by atoms with E-state index in [1.165, 1.54) is 0 Å². The van der Waals surface area contributed by atoms with Crippen molar-refractivity contribution in [2.24, 2.45) is 0 Å². The molecule has 0 saturated carbocycles. The lowest BCUT2D eigenvalue weighted by atomic mass is 10.2. The number of halogens is 2. The lowest BCUT2D eigenvalue weighted by molar-refractivity contribution is 0.416. The quantitative estimate of drug-likeness (QED) is 0.771. The largest absolute Gasteiger partial charge is 0.496 e. The Balaban J connectivity index is 2.63. The van der Waals surface area contributed by atoms with E-state index in [9.17, 15) is 0 Å². The minimum absolute atomic E-state index is 0.368. The zero-order valence-electron chi connectivity index (χ0n) is 8.45. The van der Waals surface area contributed by atoms with Crippen LogP contribution in [-0.4, -0.2) is 17.1 Å². The fourth-order valence-corrected chi connectivity index (χ4v) is 1.74. The van der Waals surface area contributed by atoms with Gasteiger partial charge < -0.3 is 4.74 Å². The molecular weight excluding hydrogens is 247 g/mol. The van der Waals surface area contributed by atoms with E-state index in [-0.39, 0.29) is 0 Å². The van der Waals surface area contributed by atoms with Gasteiger partial charge in [-0.15, -0.1) is 0 Å². The second kappa shape index (κ2) is 4.68. The van der Waals surface area contributed by atoms with Crippen molar-refractivity contribution in [1.29, 1.82) is 0 Å². The van der Waals surface area contributed by atoms with E-state index >= 15 is 0 Å². The summed E-state index contributed by atoms with van der Waals surface area (Å²) in [4.78, 5) is 8.22. The number of nitrogens with zero attached hydrogens (tertiary/aromatic N) is 2. The Labute approximate surface area is 103 Å². The molecule has 0 amide bonds. The standard InChI is InChI=1S/C11H8Cl2N2O/c1-16-8-4-2-3-7(12)10(8)11-14-6-5-9(13)15-11/h2-6H,1H3. The summed E-state index contributed by atoms with van der Waals surface area (Å²) in [6, 6.07) is 6.96. The van der Waals surface area contributed by atoms with Crippen molar-refractivity contribution in [2.45, 2.75) is 0 Å². The van der Waals surface area contributed by atoms with E-state index in [4.69, 9.17) is 27.9 Å². The van der Waals surface area contributed by atoms with E-state index in [0.717, 1.165) is 0 Å². The third-order valence-corrected chi connectivity index (χ3v) is 2.57. The fraction of sp³-hybridized carbons (Fsp3) is 0.0909. The first kappa shape index (κ1) is 11.2. The normalized spacial score (nSPS) is 10.2. The van der Waals surface area contributed by atoms with Crippen LogP contribution in [0.5, 0.6) is 5.75 Å². The molecule has 1 aromatic carbocycles. The first-order valence-corrected chi connectivity index (χ1v) is 5.29. The molecule has 0 fully saturated rings. The van der Waals surface area contributed by atoms with Gasteiger partial charge in [-0.05, 0) is 18.2 Å². The second-order valence-electron chi connectivity index (χ2n) is 3.02. The molecule has 0 N–H and O–H groups in total. The predicted molar refractivity (Wildman–Crippen MR) is 64.0 cm³/mol. The smallest absolute Gasteiger partial charge is 0.166 e. The Hall–Kier alpha value is -1.32. The third-order valence-electron chi connectivity index (χ3n) is 2.04. The van der Waals surface area contributed by atoms with Gasteiger partial charge in [-0.3, -0.25) is 0 Å². The third kappa shape index (κ3) is 2.10. The molecule has 0 bridgehead atoms. The molecule has 16 heavy (non-hydrogen) atoms. The van der Waals surface area contributed by atoms with Crippen LogP contribution in [0.15, 0.2) is 30.5 Å². The van der Waals surface area contributed by atoms with E-state index in [2.05, 4.69) is 9.97 Å². The highest BCUT2D eigenvalue weighted by Gasteiger charge is 2.12. The van der Waals surface area contributed by atoms with Crippen LogP contribution in [0.3, 0.4) is 0 Å². The molecule has 0 spiro atoms. The van der Waals surface area contributed by atoms with Crippen molar-refractivity contribution in [2.75, 3.05) is 7.11 Å². The summed E-state index contributed by atoms with van der Waals surface area (Å²) in [5, 5.41) is 0.897. The SMILES string of the molecule is COc1cccc(Cl)c1-c1nccc(Cl)n1. The van der Waals surface area contributed by atoms with Gasteiger partial charge in [0.1, 0.15) is 10.9 Å². The summed E-state index contributed by atoms with van der Waals surface area (Å²) in [6.07, 6.45) is 1.58. The molecule has 0 unspecified atom stereocenters. The molecule has 2 aromatic rings. The Kier molecular flexibility index (Phi) is 3.27. The molecule has 2 rings (SSSR count). The lowest BCUT2D eigenvalue weighted by Crippen LogP contribution is -1.93. The molecule has 0 saturated heterocycles. The predicted octanol–water partition coefficient (Wildman–Crippen LogP) is 3.46. The molecule has 0 atom stereocenters. The first-order valence-electron chi connectivity index (χ1n) is 4.54. The van der Waals surface area contributed by atoms with Gasteiger partial charge in [0.25, 0.3) is 0 Å². The van der Waals surface area contributed by atoms with Crippen LogP contribution in [0, 0.1) is 0 Å². The molecule has 5 heteroatoms. The minimum Gasteiger partial charge on any atom is -0.496 e. The minimum atomic E-state index is 0.368. The molecular formula is C11H8Cl2N2O. The van der Waals surface area contributed by atoms with Crippen LogP contribution < -0.4 is 4.74 Å². The molecule has 0 aliphatic rings. The zero-order valence-corrected chi connectivity index (χ0v) is 9.96. The number of aromatic nitrogens is 2. The van der Waals surface area contributed by atoms with Gasteiger partial charge in [-0.2, -0.15) is 0 Å². The summed E-state index contributed by atoms with van der Waals surface area (Å²) in [7, 11) is 1.57. The van der Waals surface area contributed by atoms with Gasteiger partial charge in [0, 0.05) is 6.20 Å². The Bertz CT molecular complexity index is 517. The highest BCUT2D eigenvalue weighted by Crippen LogP contribution is 2.34. The summed E-state index contributed by atoms with van der Waals surface area (Å²) in [6.45, 7) is 0. The van der Waals surface area contributed by atoms with Crippen LogP contribution in [0.4, 0.5) is 0 Å². The molecule has 3 nitrogen and oxygen atoms in total. The average molecular weight is 255 g/mol. The van der Waals surface area contributed by atoms with Gasteiger partial charge >= 0.3 is 0 Å². The number of methoxy groups -OCH3 is 1. The van der Waals surface area contributed by atoms with Gasteiger partial charge in [-0.1, -0.05) is 29.3 Å². The molecule has 82 valence electrons. The molecule has 0 aliphatic heterocycles. The molecule has 0 aliphatic carbocycles. The molecule has 0 radical (unpaired) electrons. The van der Waals surface area contributed by atoms with Crippen molar-refractivity contribution >= 4 is 23.2 Å². The van der Waals surface area contributed by atoms with E-state index < -0.39 is 0 Å². The maximum Gasteiger partial charge on any atom is 0.166 e. The maximum atomic E-state index is 6.09. The zero-order chi connectivity index (χ0) is 11.5. The topological polar surface area (TPSA) is 35.0 Å². The summed E-state index contributed by atoms with van der Waals surface area (Å²) in [5.74, 6) is 1.07. The fourth-order valence-electron chi connectivity index (χ4n) is 1.35. The maximum absolute atomic E-state index is 6.09. The van der Waals surface area contributed by atoms with Crippen LogP contribution in [0.25, 0.3) is 11.4 Å². The van der Waals surface area contributed by atoms with Gasteiger partial charge in [0.15, 0.2) is 5.82 Å². The first-order chi connectivity index (χ1) is 7.72. The van der Waals surface area contributed by atoms with Crippen molar-refractivity contribution < 1.29 is 4.74 Å². The van der Waals surface area contributed by atoms with Crippen molar-refractivity contribution in [3.05, 3.63) is 40.6 Å². The molecule has 1 heterocycles. The molecule has 1 aromatic heterocycles. The van der Waals surface area contributed by atoms with Crippen LogP contribution >= 0.6 is 23.2 Å². The monoisotopic (exact) mass is 254 g/mol. The van der Waals surface area contributed by atoms with E-state index in [1.807, 2.05) is 0 Å².